The first-order chi connectivity index (χ1) is 12.2. The highest BCUT2D eigenvalue weighted by molar-refractivity contribution is 7.99. The lowest BCUT2D eigenvalue weighted by Crippen LogP contribution is -2.23. The molecule has 7 heteroatoms. The maximum atomic E-state index is 12.7. The maximum Gasteiger partial charge on any atom is 0.274 e. The van der Waals surface area contributed by atoms with Gasteiger partial charge in [-0.05, 0) is 37.3 Å². The summed E-state index contributed by atoms with van der Waals surface area (Å²) in [5.41, 5.74) is 1.63. The number of aromatic amines is 1. The second-order valence-corrected chi connectivity index (χ2v) is 6.81. The lowest BCUT2D eigenvalue weighted by atomic mass is 10.2. The highest BCUT2D eigenvalue weighted by atomic mass is 32.2. The second kappa shape index (κ2) is 6.52. The van der Waals surface area contributed by atoms with E-state index in [0.29, 0.717) is 11.9 Å². The average molecular weight is 349 g/mol. The summed E-state index contributed by atoms with van der Waals surface area (Å²) in [7, 11) is 0. The first kappa shape index (κ1) is 15.6. The zero-order valence-corrected chi connectivity index (χ0v) is 14.3. The Hall–Kier alpha value is -2.93. The molecule has 4 aromatic rings. The Kier molecular flexibility index (Phi) is 4.07. The Morgan fingerprint density at radius 2 is 2.08 bits per heavy atom. The van der Waals surface area contributed by atoms with E-state index in [1.807, 2.05) is 49.5 Å². The van der Waals surface area contributed by atoms with Crippen LogP contribution in [0.25, 0.3) is 10.8 Å². The summed E-state index contributed by atoms with van der Waals surface area (Å²) in [6, 6.07) is 11.5. The van der Waals surface area contributed by atoms with Gasteiger partial charge in [0.05, 0.1) is 30.0 Å². The highest BCUT2D eigenvalue weighted by Crippen LogP contribution is 2.28. The van der Waals surface area contributed by atoms with E-state index in [4.69, 9.17) is 0 Å². The van der Waals surface area contributed by atoms with Gasteiger partial charge in [0.2, 0.25) is 0 Å². The third-order valence-electron chi connectivity index (χ3n) is 3.79. The van der Waals surface area contributed by atoms with Gasteiger partial charge >= 0.3 is 0 Å². The van der Waals surface area contributed by atoms with Crippen LogP contribution in [0.1, 0.15) is 11.4 Å². The third kappa shape index (κ3) is 3.32. The van der Waals surface area contributed by atoms with Gasteiger partial charge in [0.1, 0.15) is 0 Å². The van der Waals surface area contributed by atoms with Crippen LogP contribution in [0.3, 0.4) is 0 Å². The van der Waals surface area contributed by atoms with Gasteiger partial charge in [0.25, 0.3) is 5.56 Å². The number of hydrogen-bond donors (Lipinski definition) is 1. The van der Waals surface area contributed by atoms with Crippen molar-refractivity contribution in [2.45, 2.75) is 23.3 Å². The van der Waals surface area contributed by atoms with E-state index < -0.39 is 0 Å². The van der Waals surface area contributed by atoms with Crippen LogP contribution < -0.4 is 5.56 Å². The summed E-state index contributed by atoms with van der Waals surface area (Å²) >= 11 is 1.58. The molecule has 0 bridgehead atoms. The molecule has 0 saturated heterocycles. The quantitative estimate of drug-likeness (QED) is 0.613. The summed E-state index contributed by atoms with van der Waals surface area (Å²) in [4.78, 5) is 19.2. The summed E-state index contributed by atoms with van der Waals surface area (Å²) < 4.78 is 1.45. The second-order valence-electron chi connectivity index (χ2n) is 5.66. The molecule has 25 heavy (non-hydrogen) atoms. The summed E-state index contributed by atoms with van der Waals surface area (Å²) in [6.07, 6.45) is 5.33. The van der Waals surface area contributed by atoms with Gasteiger partial charge in [0, 0.05) is 27.1 Å². The van der Waals surface area contributed by atoms with Crippen molar-refractivity contribution in [3.05, 3.63) is 76.7 Å². The molecule has 0 aliphatic heterocycles. The molecule has 0 atom stereocenters. The molecular weight excluding hydrogens is 334 g/mol. The first-order valence-corrected chi connectivity index (χ1v) is 8.60. The molecule has 0 saturated carbocycles. The molecule has 6 nitrogen and oxygen atoms in total. The van der Waals surface area contributed by atoms with Crippen molar-refractivity contribution in [1.29, 1.82) is 0 Å². The van der Waals surface area contributed by atoms with E-state index in [-0.39, 0.29) is 5.56 Å². The van der Waals surface area contributed by atoms with Crippen molar-refractivity contribution in [2.75, 3.05) is 0 Å². The molecular formula is C18H15N5OS. The van der Waals surface area contributed by atoms with Crippen molar-refractivity contribution in [3.8, 4) is 0 Å². The smallest absolute Gasteiger partial charge is 0.274 e. The van der Waals surface area contributed by atoms with E-state index in [2.05, 4.69) is 20.3 Å². The largest absolute Gasteiger partial charge is 0.285 e. The molecule has 0 fully saturated rings. The molecule has 1 N–H and O–H groups in total. The zero-order valence-electron chi connectivity index (χ0n) is 13.5. The van der Waals surface area contributed by atoms with E-state index in [9.17, 15) is 4.79 Å². The number of aromatic nitrogens is 5. The van der Waals surface area contributed by atoms with Crippen LogP contribution in [-0.2, 0) is 6.54 Å². The average Bonchev–Trinajstić information content (AvgIpc) is 3.10. The first-order valence-electron chi connectivity index (χ1n) is 7.78. The SMILES string of the molecule is Cc1cccc(Cn2ncc3cc(Sc4cn[nH]c4)ccc3c2=O)n1. The molecule has 0 amide bonds. The standard InChI is InChI=1S/C18H15N5OS/c1-12-3-2-4-14(22-12)11-23-18(24)17-6-5-15(7-13(17)8-21-23)25-16-9-19-20-10-16/h2-10H,11H2,1H3,(H,19,20). The number of hydrogen-bond acceptors (Lipinski definition) is 5. The minimum atomic E-state index is -0.110. The van der Waals surface area contributed by atoms with Crippen LogP contribution in [0.15, 0.2) is 69.6 Å². The third-order valence-corrected chi connectivity index (χ3v) is 4.74. The fourth-order valence-corrected chi connectivity index (χ4v) is 3.43. The topological polar surface area (TPSA) is 76.5 Å². The van der Waals surface area contributed by atoms with Crippen molar-refractivity contribution < 1.29 is 0 Å². The van der Waals surface area contributed by atoms with Gasteiger partial charge in [0.15, 0.2) is 0 Å². The number of nitrogens with one attached hydrogen (secondary N) is 1. The number of fused-ring (bicyclic) bond motifs is 1. The molecule has 1 aromatic carbocycles. The Morgan fingerprint density at radius 1 is 1.16 bits per heavy atom. The van der Waals surface area contributed by atoms with E-state index in [0.717, 1.165) is 26.6 Å². The minimum absolute atomic E-state index is 0.110. The number of pyridine rings is 1. The van der Waals surface area contributed by atoms with Crippen LogP contribution in [0.4, 0.5) is 0 Å². The van der Waals surface area contributed by atoms with Gasteiger partial charge in [-0.25, -0.2) is 4.68 Å². The number of rotatable bonds is 4. The van der Waals surface area contributed by atoms with Gasteiger partial charge in [-0.2, -0.15) is 10.2 Å². The van der Waals surface area contributed by atoms with E-state index >= 15 is 0 Å². The zero-order chi connectivity index (χ0) is 17.2. The fraction of sp³-hybridized carbons (Fsp3) is 0.111. The molecule has 0 aliphatic carbocycles. The molecule has 0 radical (unpaired) electrons. The molecule has 0 aliphatic rings. The number of H-pyrrole nitrogens is 1. The minimum Gasteiger partial charge on any atom is -0.285 e. The molecule has 0 spiro atoms. The van der Waals surface area contributed by atoms with Crippen molar-refractivity contribution in [1.82, 2.24) is 25.0 Å². The number of aryl methyl sites for hydroxylation is 1. The van der Waals surface area contributed by atoms with Crippen molar-refractivity contribution in [2.24, 2.45) is 0 Å². The van der Waals surface area contributed by atoms with Crippen molar-refractivity contribution in [3.63, 3.8) is 0 Å². The normalized spacial score (nSPS) is 11.1. The van der Waals surface area contributed by atoms with Gasteiger partial charge in [-0.15, -0.1) is 0 Å². The molecule has 3 aromatic heterocycles. The summed E-state index contributed by atoms with van der Waals surface area (Å²) in [5, 5.41) is 12.5. The Labute approximate surface area is 147 Å². The molecule has 4 rings (SSSR count). The highest BCUT2D eigenvalue weighted by Gasteiger charge is 2.07. The summed E-state index contributed by atoms with van der Waals surface area (Å²) in [6.45, 7) is 2.29. The van der Waals surface area contributed by atoms with Crippen LogP contribution in [0, 0.1) is 6.92 Å². The Morgan fingerprint density at radius 3 is 2.88 bits per heavy atom. The predicted octanol–water partition coefficient (Wildman–Crippen LogP) is 3.02. The lowest BCUT2D eigenvalue weighted by molar-refractivity contribution is 0.634. The molecule has 3 heterocycles. The number of nitrogens with zero attached hydrogens (tertiary/aromatic N) is 4. The van der Waals surface area contributed by atoms with Crippen LogP contribution >= 0.6 is 11.8 Å². The summed E-state index contributed by atoms with van der Waals surface area (Å²) in [5.74, 6) is 0. The maximum absolute atomic E-state index is 12.7. The number of benzene rings is 1. The predicted molar refractivity (Wildman–Crippen MR) is 96.8 cm³/mol. The Balaban J connectivity index is 1.67. The van der Waals surface area contributed by atoms with Crippen molar-refractivity contribution >= 4 is 22.5 Å². The van der Waals surface area contributed by atoms with E-state index in [1.54, 1.807) is 24.2 Å². The van der Waals surface area contributed by atoms with Crippen LogP contribution in [-0.4, -0.2) is 25.0 Å². The van der Waals surface area contributed by atoms with Gasteiger partial charge in [-0.1, -0.05) is 17.8 Å². The molecule has 0 unspecified atom stereocenters. The van der Waals surface area contributed by atoms with Gasteiger partial charge in [-0.3, -0.25) is 14.9 Å². The van der Waals surface area contributed by atoms with Crippen LogP contribution in [0.5, 0.6) is 0 Å². The van der Waals surface area contributed by atoms with E-state index in [1.165, 1.54) is 4.68 Å². The lowest BCUT2D eigenvalue weighted by Gasteiger charge is -2.07. The Bertz CT molecular complexity index is 1090. The fourth-order valence-electron chi connectivity index (χ4n) is 2.61. The van der Waals surface area contributed by atoms with Crippen LogP contribution in [0.2, 0.25) is 0 Å². The molecule has 124 valence electrons. The monoisotopic (exact) mass is 349 g/mol. The van der Waals surface area contributed by atoms with Gasteiger partial charge < -0.3 is 0 Å².